The van der Waals surface area contributed by atoms with Crippen molar-refractivity contribution < 1.29 is 4.79 Å². The number of benzene rings is 1. The lowest BCUT2D eigenvalue weighted by molar-refractivity contribution is 0.0724. The summed E-state index contributed by atoms with van der Waals surface area (Å²) in [5.74, 6) is -0.0411. The normalized spacial score (nSPS) is 14.0. The van der Waals surface area contributed by atoms with Crippen LogP contribution in [0.5, 0.6) is 0 Å². The second-order valence-electron chi connectivity index (χ2n) is 5.51. The van der Waals surface area contributed by atoms with Gasteiger partial charge in [-0.2, -0.15) is 0 Å². The molecule has 4 heteroatoms. The van der Waals surface area contributed by atoms with Crippen LogP contribution in [0.2, 0.25) is 5.02 Å². The number of pyridine rings is 1. The van der Waals surface area contributed by atoms with Crippen LogP contribution in [0.25, 0.3) is 0 Å². The van der Waals surface area contributed by atoms with Crippen molar-refractivity contribution >= 4 is 17.5 Å². The predicted octanol–water partition coefficient (Wildman–Crippen LogP) is 3.85. The number of aromatic nitrogens is 1. The molecule has 3 nitrogen and oxygen atoms in total. The van der Waals surface area contributed by atoms with E-state index in [0.717, 1.165) is 18.4 Å². The minimum atomic E-state index is -0.0411. The summed E-state index contributed by atoms with van der Waals surface area (Å²) >= 11 is 5.96. The summed E-state index contributed by atoms with van der Waals surface area (Å²) in [4.78, 5) is 18.7. The van der Waals surface area contributed by atoms with Gasteiger partial charge in [-0.1, -0.05) is 41.4 Å². The van der Waals surface area contributed by atoms with Crippen molar-refractivity contribution in [2.45, 2.75) is 32.4 Å². The van der Waals surface area contributed by atoms with Gasteiger partial charge in [-0.05, 0) is 37.5 Å². The summed E-state index contributed by atoms with van der Waals surface area (Å²) in [5, 5.41) is 0.541. The first-order valence-corrected chi connectivity index (χ1v) is 7.49. The molecule has 0 spiro atoms. The molecule has 21 heavy (non-hydrogen) atoms. The zero-order chi connectivity index (χ0) is 14.8. The maximum absolute atomic E-state index is 12.7. The highest BCUT2D eigenvalue weighted by Crippen LogP contribution is 2.29. The van der Waals surface area contributed by atoms with Crippen LogP contribution >= 0.6 is 11.6 Å². The number of hydrogen-bond acceptors (Lipinski definition) is 2. The van der Waals surface area contributed by atoms with Crippen molar-refractivity contribution in [2.24, 2.45) is 0 Å². The lowest BCUT2D eigenvalue weighted by atomic mass is 10.1. The van der Waals surface area contributed by atoms with Gasteiger partial charge >= 0.3 is 0 Å². The standard InChI is InChI=1S/C17H17ClN2O/c1-12-2-4-13(5-3-12)11-20(15-6-7-15)17(21)16-10-14(18)8-9-19-16/h2-5,8-10,15H,6-7,11H2,1H3. The molecule has 1 aliphatic rings. The first kappa shape index (κ1) is 14.1. The highest BCUT2D eigenvalue weighted by molar-refractivity contribution is 6.30. The van der Waals surface area contributed by atoms with Gasteiger partial charge in [0.1, 0.15) is 5.69 Å². The van der Waals surface area contributed by atoms with E-state index >= 15 is 0 Å². The molecule has 0 atom stereocenters. The third kappa shape index (κ3) is 3.42. The van der Waals surface area contributed by atoms with Crippen molar-refractivity contribution in [3.8, 4) is 0 Å². The van der Waals surface area contributed by atoms with Gasteiger partial charge < -0.3 is 4.90 Å². The van der Waals surface area contributed by atoms with Gasteiger partial charge in [0.2, 0.25) is 0 Å². The predicted molar refractivity (Wildman–Crippen MR) is 83.3 cm³/mol. The van der Waals surface area contributed by atoms with Crippen molar-refractivity contribution in [3.63, 3.8) is 0 Å². The monoisotopic (exact) mass is 300 g/mol. The molecule has 1 aliphatic carbocycles. The molecule has 0 unspecified atom stereocenters. The van der Waals surface area contributed by atoms with Crippen LogP contribution in [-0.4, -0.2) is 21.8 Å². The SMILES string of the molecule is Cc1ccc(CN(C(=O)c2cc(Cl)ccn2)C2CC2)cc1. The highest BCUT2D eigenvalue weighted by Gasteiger charge is 2.33. The molecule has 1 heterocycles. The second kappa shape index (κ2) is 5.86. The van der Waals surface area contributed by atoms with Crippen LogP contribution in [0.15, 0.2) is 42.6 Å². The third-order valence-electron chi connectivity index (χ3n) is 3.66. The number of aryl methyl sites for hydroxylation is 1. The fourth-order valence-electron chi connectivity index (χ4n) is 2.31. The smallest absolute Gasteiger partial charge is 0.273 e. The molecule has 0 radical (unpaired) electrons. The molecule has 0 saturated heterocycles. The van der Waals surface area contributed by atoms with E-state index in [9.17, 15) is 4.79 Å². The highest BCUT2D eigenvalue weighted by atomic mass is 35.5. The largest absolute Gasteiger partial charge is 0.330 e. The number of carbonyl (C=O) groups excluding carboxylic acids is 1. The topological polar surface area (TPSA) is 33.2 Å². The maximum atomic E-state index is 12.7. The quantitative estimate of drug-likeness (QED) is 0.859. The Hall–Kier alpha value is -1.87. The number of hydrogen-bond donors (Lipinski definition) is 0. The van der Waals surface area contributed by atoms with Crippen LogP contribution in [0.1, 0.15) is 34.5 Å². The van der Waals surface area contributed by atoms with Gasteiger partial charge in [0, 0.05) is 23.8 Å². The minimum absolute atomic E-state index is 0.0411. The Bertz CT molecular complexity index is 650. The first-order valence-electron chi connectivity index (χ1n) is 7.11. The Morgan fingerprint density at radius 2 is 2.00 bits per heavy atom. The van der Waals surface area contributed by atoms with Crippen molar-refractivity contribution in [1.82, 2.24) is 9.88 Å². The third-order valence-corrected chi connectivity index (χ3v) is 3.90. The van der Waals surface area contributed by atoms with Gasteiger partial charge in [0.05, 0.1) is 0 Å². The fourth-order valence-corrected chi connectivity index (χ4v) is 2.47. The zero-order valence-corrected chi connectivity index (χ0v) is 12.7. The number of carbonyl (C=O) groups is 1. The molecular formula is C17H17ClN2O. The van der Waals surface area contributed by atoms with Gasteiger partial charge in [-0.3, -0.25) is 9.78 Å². The van der Waals surface area contributed by atoms with E-state index < -0.39 is 0 Å². The molecule has 0 aliphatic heterocycles. The van der Waals surface area contributed by atoms with Gasteiger partial charge in [-0.25, -0.2) is 0 Å². The van der Waals surface area contributed by atoms with Gasteiger partial charge in [0.15, 0.2) is 0 Å². The molecule has 1 saturated carbocycles. The summed E-state index contributed by atoms with van der Waals surface area (Å²) < 4.78 is 0. The lowest BCUT2D eigenvalue weighted by Gasteiger charge is -2.22. The molecule has 0 N–H and O–H groups in total. The summed E-state index contributed by atoms with van der Waals surface area (Å²) in [7, 11) is 0. The van der Waals surface area contributed by atoms with Crippen molar-refractivity contribution in [2.75, 3.05) is 0 Å². The van der Waals surface area contributed by atoms with Gasteiger partial charge in [0.25, 0.3) is 5.91 Å². The average Bonchev–Trinajstić information content (AvgIpc) is 3.30. The van der Waals surface area contributed by atoms with E-state index in [1.54, 1.807) is 18.3 Å². The summed E-state index contributed by atoms with van der Waals surface area (Å²) in [6.07, 6.45) is 3.71. The van der Waals surface area contributed by atoms with E-state index in [1.165, 1.54) is 5.56 Å². The summed E-state index contributed by atoms with van der Waals surface area (Å²) in [5.41, 5.74) is 2.78. The minimum Gasteiger partial charge on any atom is -0.330 e. The Morgan fingerprint density at radius 1 is 1.29 bits per heavy atom. The molecular weight excluding hydrogens is 284 g/mol. The molecule has 3 rings (SSSR count). The molecule has 1 amide bonds. The zero-order valence-electron chi connectivity index (χ0n) is 11.9. The van der Waals surface area contributed by atoms with Crippen molar-refractivity contribution in [1.29, 1.82) is 0 Å². The van der Waals surface area contributed by atoms with Crippen molar-refractivity contribution in [3.05, 3.63) is 64.4 Å². The van der Waals surface area contributed by atoms with E-state index in [4.69, 9.17) is 11.6 Å². The van der Waals surface area contributed by atoms with Crippen LogP contribution in [0.3, 0.4) is 0 Å². The molecule has 1 fully saturated rings. The average molecular weight is 301 g/mol. The van der Waals surface area contributed by atoms with E-state index in [2.05, 4.69) is 36.2 Å². The summed E-state index contributed by atoms with van der Waals surface area (Å²) in [6.45, 7) is 2.68. The van der Waals surface area contributed by atoms with Crippen LogP contribution in [-0.2, 0) is 6.54 Å². The number of halogens is 1. The molecule has 0 bridgehead atoms. The number of nitrogens with zero attached hydrogens (tertiary/aromatic N) is 2. The Balaban J connectivity index is 1.81. The maximum Gasteiger partial charge on any atom is 0.273 e. The molecule has 1 aromatic heterocycles. The lowest BCUT2D eigenvalue weighted by Crippen LogP contribution is -2.33. The number of amides is 1. The van der Waals surface area contributed by atoms with Crippen LogP contribution in [0.4, 0.5) is 0 Å². The Morgan fingerprint density at radius 3 is 2.62 bits per heavy atom. The fraction of sp³-hybridized carbons (Fsp3) is 0.294. The van der Waals surface area contributed by atoms with E-state index in [-0.39, 0.29) is 5.91 Å². The molecule has 2 aromatic rings. The van der Waals surface area contributed by atoms with Crippen LogP contribution < -0.4 is 0 Å². The van der Waals surface area contributed by atoms with E-state index in [1.807, 2.05) is 4.90 Å². The van der Waals surface area contributed by atoms with Gasteiger partial charge in [-0.15, -0.1) is 0 Å². The second-order valence-corrected chi connectivity index (χ2v) is 5.95. The Labute approximate surface area is 129 Å². The van der Waals surface area contributed by atoms with Crippen LogP contribution in [0, 0.1) is 6.92 Å². The molecule has 1 aromatic carbocycles. The summed E-state index contributed by atoms with van der Waals surface area (Å²) in [6, 6.07) is 11.9. The number of rotatable bonds is 4. The van der Waals surface area contributed by atoms with E-state index in [0.29, 0.717) is 23.3 Å². The molecule has 108 valence electrons. The Kier molecular flexibility index (Phi) is 3.93. The first-order chi connectivity index (χ1) is 10.1.